The number of amides is 1. The number of aromatic amines is 2. The number of aromatic nitrogens is 3. The van der Waals surface area contributed by atoms with Gasteiger partial charge < -0.3 is 19.8 Å². The average molecular weight is 362 g/mol. The summed E-state index contributed by atoms with van der Waals surface area (Å²) in [6.07, 6.45) is 2.01. The molecule has 9 nitrogen and oxygen atoms in total. The fourth-order valence-corrected chi connectivity index (χ4v) is 2.28. The lowest BCUT2D eigenvalue weighted by atomic mass is 10.1. The molecule has 0 bridgehead atoms. The summed E-state index contributed by atoms with van der Waals surface area (Å²) in [5.74, 6) is 0.292. The molecule has 0 unspecified atom stereocenters. The molecule has 3 N–H and O–H groups in total. The maximum absolute atomic E-state index is 12.0. The van der Waals surface area contributed by atoms with Crippen molar-refractivity contribution in [2.45, 2.75) is 26.3 Å². The standard InChI is InChI=1S/C17H22N4O5/c1-11-13(16(23)21-17(24)20-11)4-5-14(22)18-9-12-3-6-15(19-10-12)26-8-7-25-2/h3,6,10H,4-5,7-9H2,1-2H3,(H,18,22)(H2,20,21,23,24). The molecule has 0 saturated carbocycles. The Balaban J connectivity index is 1.80. The van der Waals surface area contributed by atoms with E-state index in [9.17, 15) is 14.4 Å². The third-order valence-electron chi connectivity index (χ3n) is 3.68. The maximum Gasteiger partial charge on any atom is 0.325 e. The Bertz CT molecular complexity index is 841. The van der Waals surface area contributed by atoms with Crippen LogP contribution in [0, 0.1) is 6.92 Å². The number of carbonyl (C=O) groups is 1. The van der Waals surface area contributed by atoms with Gasteiger partial charge in [-0.25, -0.2) is 9.78 Å². The van der Waals surface area contributed by atoms with Crippen molar-refractivity contribution in [2.75, 3.05) is 20.3 Å². The van der Waals surface area contributed by atoms with Gasteiger partial charge in [0.2, 0.25) is 11.8 Å². The average Bonchev–Trinajstić information content (AvgIpc) is 2.60. The van der Waals surface area contributed by atoms with Crippen LogP contribution in [0.4, 0.5) is 0 Å². The van der Waals surface area contributed by atoms with Gasteiger partial charge in [-0.15, -0.1) is 0 Å². The van der Waals surface area contributed by atoms with Crippen molar-refractivity contribution in [2.24, 2.45) is 0 Å². The molecular formula is C17H22N4O5. The number of H-pyrrole nitrogens is 2. The Labute approximate surface area is 149 Å². The molecule has 0 radical (unpaired) electrons. The van der Waals surface area contributed by atoms with E-state index in [-0.39, 0.29) is 18.7 Å². The van der Waals surface area contributed by atoms with E-state index in [2.05, 4.69) is 20.3 Å². The van der Waals surface area contributed by atoms with Crippen LogP contribution in [-0.4, -0.2) is 41.2 Å². The van der Waals surface area contributed by atoms with E-state index >= 15 is 0 Å². The molecule has 1 amide bonds. The van der Waals surface area contributed by atoms with Crippen LogP contribution >= 0.6 is 0 Å². The second kappa shape index (κ2) is 9.52. The van der Waals surface area contributed by atoms with Gasteiger partial charge in [-0.1, -0.05) is 6.07 Å². The van der Waals surface area contributed by atoms with Gasteiger partial charge >= 0.3 is 5.69 Å². The van der Waals surface area contributed by atoms with E-state index in [0.717, 1.165) is 5.56 Å². The van der Waals surface area contributed by atoms with E-state index in [4.69, 9.17) is 9.47 Å². The number of ether oxygens (including phenoxy) is 2. The SMILES string of the molecule is COCCOc1ccc(CNC(=O)CCc2c(C)[nH]c(=O)[nH]c2=O)cn1. The van der Waals surface area contributed by atoms with Gasteiger partial charge in [0.05, 0.1) is 6.61 Å². The highest BCUT2D eigenvalue weighted by Gasteiger charge is 2.09. The van der Waals surface area contributed by atoms with Crippen LogP contribution in [-0.2, 0) is 22.5 Å². The van der Waals surface area contributed by atoms with Crippen molar-refractivity contribution in [3.63, 3.8) is 0 Å². The highest BCUT2D eigenvalue weighted by Crippen LogP contribution is 2.07. The van der Waals surface area contributed by atoms with Gasteiger partial charge in [0.15, 0.2) is 0 Å². The quantitative estimate of drug-likeness (QED) is 0.541. The third kappa shape index (κ3) is 5.85. The minimum Gasteiger partial charge on any atom is -0.475 e. The second-order valence-corrected chi connectivity index (χ2v) is 5.63. The molecule has 0 spiro atoms. The summed E-state index contributed by atoms with van der Waals surface area (Å²) in [7, 11) is 1.59. The number of hydrogen-bond donors (Lipinski definition) is 3. The smallest absolute Gasteiger partial charge is 0.325 e. The Kier molecular flexibility index (Phi) is 7.10. The van der Waals surface area contributed by atoms with Crippen LogP contribution < -0.4 is 21.3 Å². The molecule has 26 heavy (non-hydrogen) atoms. The number of pyridine rings is 1. The van der Waals surface area contributed by atoms with Gasteiger partial charge in [0.25, 0.3) is 5.56 Å². The number of carbonyl (C=O) groups excluding carboxylic acids is 1. The van der Waals surface area contributed by atoms with Crippen LogP contribution in [0.2, 0.25) is 0 Å². The van der Waals surface area contributed by atoms with Crippen molar-refractivity contribution >= 4 is 5.91 Å². The molecule has 9 heteroatoms. The van der Waals surface area contributed by atoms with Crippen LogP contribution in [0.1, 0.15) is 23.2 Å². The lowest BCUT2D eigenvalue weighted by molar-refractivity contribution is -0.121. The van der Waals surface area contributed by atoms with Crippen molar-refractivity contribution in [1.82, 2.24) is 20.3 Å². The minimum atomic E-state index is -0.553. The number of aryl methyl sites for hydroxylation is 1. The fourth-order valence-electron chi connectivity index (χ4n) is 2.28. The maximum atomic E-state index is 12.0. The van der Waals surface area contributed by atoms with Crippen LogP contribution in [0.3, 0.4) is 0 Å². The zero-order valence-electron chi connectivity index (χ0n) is 14.8. The third-order valence-corrected chi connectivity index (χ3v) is 3.68. The molecule has 0 fully saturated rings. The molecular weight excluding hydrogens is 340 g/mol. The summed E-state index contributed by atoms with van der Waals surface area (Å²) < 4.78 is 10.3. The summed E-state index contributed by atoms with van der Waals surface area (Å²) in [5.41, 5.74) is 0.685. The Hall–Kier alpha value is -2.94. The van der Waals surface area contributed by atoms with Gasteiger partial charge in [0, 0.05) is 43.6 Å². The first kappa shape index (κ1) is 19.4. The zero-order valence-corrected chi connectivity index (χ0v) is 14.8. The van der Waals surface area contributed by atoms with Crippen LogP contribution in [0.5, 0.6) is 5.88 Å². The van der Waals surface area contributed by atoms with E-state index in [1.807, 2.05) is 6.07 Å². The van der Waals surface area contributed by atoms with E-state index in [1.54, 1.807) is 26.3 Å². The molecule has 2 rings (SSSR count). The summed E-state index contributed by atoms with van der Waals surface area (Å²) in [6, 6.07) is 3.53. The summed E-state index contributed by atoms with van der Waals surface area (Å²) in [5, 5.41) is 2.77. The first-order valence-electron chi connectivity index (χ1n) is 8.15. The van der Waals surface area contributed by atoms with Crippen molar-refractivity contribution < 1.29 is 14.3 Å². The summed E-state index contributed by atoms with van der Waals surface area (Å²) >= 11 is 0. The van der Waals surface area contributed by atoms with Crippen LogP contribution in [0.15, 0.2) is 27.9 Å². The van der Waals surface area contributed by atoms with E-state index in [1.165, 1.54) is 0 Å². The molecule has 2 aromatic heterocycles. The molecule has 0 atom stereocenters. The van der Waals surface area contributed by atoms with Crippen molar-refractivity contribution in [3.8, 4) is 5.88 Å². The fraction of sp³-hybridized carbons (Fsp3) is 0.412. The number of nitrogens with one attached hydrogen (secondary N) is 3. The second-order valence-electron chi connectivity index (χ2n) is 5.63. The molecule has 0 saturated heterocycles. The predicted molar refractivity (Wildman–Crippen MR) is 94.2 cm³/mol. The van der Waals surface area contributed by atoms with Gasteiger partial charge in [-0.05, 0) is 18.9 Å². The molecule has 140 valence electrons. The topological polar surface area (TPSA) is 126 Å². The molecule has 0 aromatic carbocycles. The van der Waals surface area contributed by atoms with Crippen molar-refractivity contribution in [1.29, 1.82) is 0 Å². The first-order chi connectivity index (χ1) is 12.5. The normalized spacial score (nSPS) is 10.5. The number of rotatable bonds is 9. The van der Waals surface area contributed by atoms with Gasteiger partial charge in [-0.2, -0.15) is 0 Å². The molecule has 0 aliphatic carbocycles. The largest absolute Gasteiger partial charge is 0.475 e. The first-order valence-corrected chi connectivity index (χ1v) is 8.15. The molecule has 2 aromatic rings. The Morgan fingerprint density at radius 2 is 2.04 bits per heavy atom. The van der Waals surface area contributed by atoms with Gasteiger partial charge in [0.1, 0.15) is 6.61 Å². The lowest BCUT2D eigenvalue weighted by Crippen LogP contribution is -2.29. The highest BCUT2D eigenvalue weighted by atomic mass is 16.5. The van der Waals surface area contributed by atoms with E-state index < -0.39 is 11.2 Å². The lowest BCUT2D eigenvalue weighted by Gasteiger charge is -2.08. The summed E-state index contributed by atoms with van der Waals surface area (Å²) in [6.45, 7) is 2.86. The predicted octanol–water partition coefficient (Wildman–Crippen LogP) is 0.0408. The number of hydrogen-bond acceptors (Lipinski definition) is 6. The summed E-state index contributed by atoms with van der Waals surface area (Å²) in [4.78, 5) is 43.7. The molecule has 0 aliphatic rings. The number of methoxy groups -OCH3 is 1. The molecule has 0 aliphatic heterocycles. The molecule has 2 heterocycles. The zero-order chi connectivity index (χ0) is 18.9. The Morgan fingerprint density at radius 1 is 1.23 bits per heavy atom. The van der Waals surface area contributed by atoms with E-state index in [0.29, 0.717) is 36.9 Å². The van der Waals surface area contributed by atoms with Gasteiger partial charge in [-0.3, -0.25) is 14.6 Å². The number of nitrogens with zero attached hydrogens (tertiary/aromatic N) is 1. The highest BCUT2D eigenvalue weighted by molar-refractivity contribution is 5.76. The monoisotopic (exact) mass is 362 g/mol. The Morgan fingerprint density at radius 3 is 2.69 bits per heavy atom. The van der Waals surface area contributed by atoms with Crippen LogP contribution in [0.25, 0.3) is 0 Å². The minimum absolute atomic E-state index is 0.140. The van der Waals surface area contributed by atoms with Crippen molar-refractivity contribution in [3.05, 3.63) is 56.0 Å².